The van der Waals surface area contributed by atoms with E-state index in [1.807, 2.05) is 0 Å². The van der Waals surface area contributed by atoms with Crippen LogP contribution >= 0.6 is 0 Å². The summed E-state index contributed by atoms with van der Waals surface area (Å²) in [6.07, 6.45) is 0. The van der Waals surface area contributed by atoms with Gasteiger partial charge < -0.3 is 24.8 Å². The zero-order valence-electron chi connectivity index (χ0n) is 9.95. The van der Waals surface area contributed by atoms with Crippen LogP contribution in [0, 0.1) is 10.1 Å². The average Bonchev–Trinajstić information content (AvgIpc) is 2.05. The third-order valence-corrected chi connectivity index (χ3v) is 1.71. The summed E-state index contributed by atoms with van der Waals surface area (Å²) in [6.45, 7) is 0. The standard InChI is InChI=1S/C6H5NO7S.2K.2H2O/c8-5-3-4(7(9)10)1-2-6(5)14-15(11,12)13;;;;/h1-3,8H,(H,11,12,13);;;2*1H2/q;2*+1;;/p-2. The van der Waals surface area contributed by atoms with Crippen LogP contribution in [-0.4, -0.2) is 28.8 Å². The van der Waals surface area contributed by atoms with Crippen LogP contribution in [0.5, 0.6) is 11.5 Å². The molecule has 0 heterocycles. The number of hydrogen-bond acceptors (Lipinski definition) is 7. The van der Waals surface area contributed by atoms with E-state index < -0.39 is 32.5 Å². The summed E-state index contributed by atoms with van der Waals surface area (Å²) >= 11 is 0. The van der Waals surface area contributed by atoms with E-state index in [0.717, 1.165) is 12.1 Å². The zero-order chi connectivity index (χ0) is 11.6. The summed E-state index contributed by atoms with van der Waals surface area (Å²) in [5.41, 5.74) is -0.518. The number of nitro benzene ring substituents is 1. The first kappa shape index (κ1) is 28.5. The largest absolute Gasteiger partial charge is 1.00 e. The Morgan fingerprint density at radius 2 is 1.63 bits per heavy atom. The Morgan fingerprint density at radius 1 is 1.16 bits per heavy atom. The van der Waals surface area contributed by atoms with Crippen molar-refractivity contribution < 1.29 is 141 Å². The Hall–Kier alpha value is 1.32. The summed E-state index contributed by atoms with van der Waals surface area (Å²) in [6, 6.07) is 2.15. The summed E-state index contributed by atoms with van der Waals surface area (Å²) in [4.78, 5) is 9.36. The molecule has 0 bridgehead atoms. The molecule has 1 aromatic rings. The van der Waals surface area contributed by atoms with E-state index in [1.165, 1.54) is 0 Å². The molecule has 1 rings (SSSR count). The van der Waals surface area contributed by atoms with Crippen molar-refractivity contribution in [2.75, 3.05) is 0 Å². The van der Waals surface area contributed by atoms with Gasteiger partial charge in [-0.15, -0.1) is 0 Å². The van der Waals surface area contributed by atoms with Crippen molar-refractivity contribution >= 4 is 16.1 Å². The minimum Gasteiger partial charge on any atom is -0.870 e. The topological polar surface area (TPSA) is 196 Å². The van der Waals surface area contributed by atoms with Crippen LogP contribution in [0.4, 0.5) is 5.69 Å². The maximum atomic E-state index is 11.0. The van der Waals surface area contributed by atoms with Crippen molar-refractivity contribution in [1.82, 2.24) is 0 Å². The van der Waals surface area contributed by atoms with Gasteiger partial charge in [-0.05, 0) is 6.07 Å². The van der Waals surface area contributed by atoms with Gasteiger partial charge in [-0.1, -0.05) is 5.75 Å². The Morgan fingerprint density at radius 3 is 1.95 bits per heavy atom. The molecule has 0 aliphatic carbocycles. The molecule has 10 nitrogen and oxygen atoms in total. The Labute approximate surface area is 193 Å². The smallest absolute Gasteiger partial charge is 0.870 e. The number of hydrogen-bond donors (Lipinski definition) is 0. The molecule has 0 saturated heterocycles. The molecule has 0 amide bonds. The molecule has 0 atom stereocenters. The van der Waals surface area contributed by atoms with Crippen molar-refractivity contribution in [2.45, 2.75) is 0 Å². The summed E-state index contributed by atoms with van der Waals surface area (Å²) in [5, 5.41) is 21.2. The number of rotatable bonds is 3. The Bertz CT molecular complexity index is 505. The predicted octanol–water partition coefficient (Wildman–Crippen LogP) is -8.13. The molecule has 0 aliphatic heterocycles. The Kier molecular flexibility index (Phi) is 17.9. The van der Waals surface area contributed by atoms with E-state index >= 15 is 0 Å². The molecule has 98 valence electrons. The number of benzene rings is 1. The quantitative estimate of drug-likeness (QED) is 0.170. The zero-order valence-corrected chi connectivity index (χ0v) is 17.0. The molecule has 1 aromatic carbocycles. The van der Waals surface area contributed by atoms with Gasteiger partial charge in [0.15, 0.2) is 0 Å². The van der Waals surface area contributed by atoms with Gasteiger partial charge in [-0.3, -0.25) is 10.1 Å². The van der Waals surface area contributed by atoms with Gasteiger partial charge in [-0.25, -0.2) is 8.42 Å². The molecule has 13 heteroatoms. The molecule has 0 unspecified atom stereocenters. The molecule has 19 heavy (non-hydrogen) atoms. The minimum atomic E-state index is -5.05. The minimum absolute atomic E-state index is 0. The first-order valence-corrected chi connectivity index (χ1v) is 4.74. The van der Waals surface area contributed by atoms with E-state index in [9.17, 15) is 28.2 Å². The van der Waals surface area contributed by atoms with Gasteiger partial charge in [0.2, 0.25) is 0 Å². The van der Waals surface area contributed by atoms with Gasteiger partial charge in [0.1, 0.15) is 5.75 Å². The number of nitro groups is 1. The SMILES string of the molecule is O.O.O=[N+]([O-])c1ccc(OS(=O)(=O)[O-])c([O-])c1.[K+].[K+]. The molecule has 4 N–H and O–H groups in total. The first-order valence-electron chi connectivity index (χ1n) is 3.40. The van der Waals surface area contributed by atoms with E-state index in [-0.39, 0.29) is 114 Å². The average molecular weight is 347 g/mol. The molecule has 0 saturated carbocycles. The van der Waals surface area contributed by atoms with Crippen LogP contribution in [-0.2, 0) is 10.4 Å². The van der Waals surface area contributed by atoms with Crippen LogP contribution in [0.15, 0.2) is 18.2 Å². The molecule has 0 aliphatic rings. The van der Waals surface area contributed by atoms with Crippen LogP contribution in [0.3, 0.4) is 0 Å². The van der Waals surface area contributed by atoms with Crippen LogP contribution in [0.2, 0.25) is 0 Å². The van der Waals surface area contributed by atoms with Crippen molar-refractivity contribution in [3.63, 3.8) is 0 Å². The van der Waals surface area contributed by atoms with E-state index in [0.29, 0.717) is 6.07 Å². The first-order chi connectivity index (χ1) is 6.79. The third kappa shape index (κ3) is 10.7. The van der Waals surface area contributed by atoms with Crippen molar-refractivity contribution in [1.29, 1.82) is 0 Å². The molecular weight excluding hydrogens is 340 g/mol. The van der Waals surface area contributed by atoms with Gasteiger partial charge in [-0.2, -0.15) is 0 Å². The summed E-state index contributed by atoms with van der Waals surface area (Å²) in [7, 11) is -5.05. The second-order valence-electron chi connectivity index (χ2n) is 2.38. The molecular formula is C6H7K2NO9S. The van der Waals surface area contributed by atoms with Gasteiger partial charge >= 0.3 is 103 Å². The van der Waals surface area contributed by atoms with Crippen molar-refractivity contribution in [3.8, 4) is 11.5 Å². The molecule has 0 aromatic heterocycles. The molecule has 0 radical (unpaired) electrons. The fourth-order valence-corrected chi connectivity index (χ4v) is 1.15. The molecule has 0 fully saturated rings. The summed E-state index contributed by atoms with van der Waals surface area (Å²) in [5.74, 6) is -1.82. The normalized spacial score (nSPS) is 8.68. The maximum Gasteiger partial charge on any atom is 1.00 e. The van der Waals surface area contributed by atoms with Gasteiger partial charge in [0.25, 0.3) is 16.1 Å². The van der Waals surface area contributed by atoms with Crippen molar-refractivity contribution in [3.05, 3.63) is 28.3 Å². The van der Waals surface area contributed by atoms with Gasteiger partial charge in [0.05, 0.1) is 4.92 Å². The summed E-state index contributed by atoms with van der Waals surface area (Å²) < 4.78 is 34.1. The predicted molar refractivity (Wildman–Crippen MR) is 50.1 cm³/mol. The van der Waals surface area contributed by atoms with Crippen LogP contribution in [0.25, 0.3) is 0 Å². The fraction of sp³-hybridized carbons (Fsp3) is 0. The number of non-ortho nitro benzene ring substituents is 1. The second kappa shape index (κ2) is 11.9. The van der Waals surface area contributed by atoms with Crippen LogP contribution < -0.4 is 112 Å². The maximum absolute atomic E-state index is 11.0. The van der Waals surface area contributed by atoms with Gasteiger partial charge in [0, 0.05) is 12.1 Å². The second-order valence-corrected chi connectivity index (χ2v) is 3.36. The van der Waals surface area contributed by atoms with Crippen molar-refractivity contribution in [2.24, 2.45) is 0 Å². The van der Waals surface area contributed by atoms with E-state index in [2.05, 4.69) is 4.18 Å². The molecule has 0 spiro atoms. The van der Waals surface area contributed by atoms with E-state index in [4.69, 9.17) is 0 Å². The van der Waals surface area contributed by atoms with E-state index in [1.54, 1.807) is 0 Å². The fourth-order valence-electron chi connectivity index (χ4n) is 0.789. The Balaban J connectivity index is -0.000000281. The third-order valence-electron chi connectivity index (χ3n) is 1.33. The number of nitrogens with zero attached hydrogens (tertiary/aromatic N) is 1. The monoisotopic (exact) mass is 347 g/mol. The van der Waals surface area contributed by atoms with Crippen LogP contribution in [0.1, 0.15) is 0 Å².